The Bertz CT molecular complexity index is 481. The molecule has 0 heterocycles. The van der Waals surface area contributed by atoms with Crippen molar-refractivity contribution in [2.75, 3.05) is 6.26 Å². The minimum absolute atomic E-state index is 0.0477. The molecule has 0 unspecified atom stereocenters. The van der Waals surface area contributed by atoms with Crippen LogP contribution in [0.5, 0.6) is 0 Å². The first-order valence-electron chi connectivity index (χ1n) is 3.52. The van der Waals surface area contributed by atoms with Gasteiger partial charge in [0.15, 0.2) is 9.84 Å². The lowest BCUT2D eigenvalue weighted by Crippen LogP contribution is -2.02. The van der Waals surface area contributed by atoms with Crippen LogP contribution in [0.15, 0.2) is 23.1 Å². The van der Waals surface area contributed by atoms with Gasteiger partial charge < -0.3 is 0 Å². The van der Waals surface area contributed by atoms with Crippen LogP contribution in [0.1, 0.15) is 10.4 Å². The van der Waals surface area contributed by atoms with E-state index < -0.39 is 25.8 Å². The maximum atomic E-state index is 13.0. The molecule has 0 radical (unpaired) electrons. The van der Waals surface area contributed by atoms with Crippen molar-refractivity contribution in [1.82, 2.24) is 0 Å². The Labute approximate surface area is 85.4 Å². The molecule has 14 heavy (non-hydrogen) atoms. The summed E-state index contributed by atoms with van der Waals surface area (Å²) in [5.41, 5.74) is -0.0477. The summed E-state index contributed by atoms with van der Waals surface area (Å²) in [7, 11) is -3.68. The van der Waals surface area contributed by atoms with Gasteiger partial charge in [0.2, 0.25) is 0 Å². The van der Waals surface area contributed by atoms with Gasteiger partial charge in [-0.2, -0.15) is 0 Å². The van der Waals surface area contributed by atoms with Crippen molar-refractivity contribution >= 4 is 26.7 Å². The molecule has 0 saturated carbocycles. The molecule has 1 rings (SSSR count). The molecule has 0 atom stereocenters. The van der Waals surface area contributed by atoms with Crippen molar-refractivity contribution in [1.29, 1.82) is 0 Å². The van der Waals surface area contributed by atoms with Gasteiger partial charge in [0.05, 0.1) is 0 Å². The first-order chi connectivity index (χ1) is 6.32. The number of benzene rings is 1. The van der Waals surface area contributed by atoms with E-state index in [-0.39, 0.29) is 5.56 Å². The van der Waals surface area contributed by atoms with E-state index in [2.05, 4.69) is 0 Å². The third-order valence-corrected chi connectivity index (χ3v) is 2.89. The van der Waals surface area contributed by atoms with Crippen LogP contribution in [0.4, 0.5) is 4.39 Å². The molecule has 76 valence electrons. The second kappa shape index (κ2) is 3.67. The lowest BCUT2D eigenvalue weighted by Gasteiger charge is -2.01. The Morgan fingerprint density at radius 3 is 2.43 bits per heavy atom. The molecule has 0 saturated heterocycles. The molecule has 0 amide bonds. The predicted octanol–water partition coefficient (Wildman–Crippen LogP) is 1.61. The molecule has 0 spiro atoms. The molecule has 6 heteroatoms. The predicted molar refractivity (Wildman–Crippen MR) is 49.7 cm³/mol. The SMILES string of the molecule is CS(=O)(=O)c1cc(C(=O)Cl)ccc1F. The smallest absolute Gasteiger partial charge is 0.252 e. The number of sulfone groups is 1. The van der Waals surface area contributed by atoms with Gasteiger partial charge >= 0.3 is 0 Å². The van der Waals surface area contributed by atoms with Gasteiger partial charge in [-0.05, 0) is 29.8 Å². The molecular weight excluding hydrogens is 231 g/mol. The summed E-state index contributed by atoms with van der Waals surface area (Å²) in [5.74, 6) is -0.894. The summed E-state index contributed by atoms with van der Waals surface area (Å²) in [6.07, 6.45) is 0.855. The lowest BCUT2D eigenvalue weighted by molar-refractivity contribution is 0.108. The number of rotatable bonds is 2. The molecule has 0 bridgehead atoms. The van der Waals surface area contributed by atoms with Crippen LogP contribution in [0.2, 0.25) is 0 Å². The molecule has 3 nitrogen and oxygen atoms in total. The number of halogens is 2. The number of hydrogen-bond donors (Lipinski definition) is 0. The maximum Gasteiger partial charge on any atom is 0.252 e. The molecule has 1 aromatic carbocycles. The van der Waals surface area contributed by atoms with E-state index in [1.165, 1.54) is 0 Å². The summed E-state index contributed by atoms with van der Waals surface area (Å²) in [6, 6.07) is 2.94. The highest BCUT2D eigenvalue weighted by Gasteiger charge is 2.15. The average molecular weight is 237 g/mol. The minimum Gasteiger partial charge on any atom is -0.276 e. The topological polar surface area (TPSA) is 51.2 Å². The summed E-state index contributed by atoms with van der Waals surface area (Å²) >= 11 is 5.12. The first kappa shape index (κ1) is 11.1. The zero-order valence-corrected chi connectivity index (χ0v) is 8.69. The Morgan fingerprint density at radius 2 is 2.00 bits per heavy atom. The van der Waals surface area contributed by atoms with Crippen molar-refractivity contribution in [2.24, 2.45) is 0 Å². The zero-order chi connectivity index (χ0) is 10.9. The van der Waals surface area contributed by atoms with Crippen molar-refractivity contribution < 1.29 is 17.6 Å². The van der Waals surface area contributed by atoms with Crippen molar-refractivity contribution in [3.63, 3.8) is 0 Å². The zero-order valence-electron chi connectivity index (χ0n) is 7.12. The molecule has 1 aromatic rings. The van der Waals surface area contributed by atoms with E-state index in [1.54, 1.807) is 0 Å². The standard InChI is InChI=1S/C8H6ClFO3S/c1-14(12,13)7-4-5(8(9)11)2-3-6(7)10/h2-4H,1H3. The second-order valence-corrected chi connectivity index (χ2v) is 5.02. The van der Waals surface area contributed by atoms with E-state index in [1.807, 2.05) is 0 Å². The van der Waals surface area contributed by atoms with Crippen LogP contribution in [0.25, 0.3) is 0 Å². The van der Waals surface area contributed by atoms with Crippen LogP contribution in [0, 0.1) is 5.82 Å². The summed E-state index contributed by atoms with van der Waals surface area (Å²) in [4.78, 5) is 10.2. The first-order valence-corrected chi connectivity index (χ1v) is 5.79. The molecule has 0 aliphatic carbocycles. The number of carbonyl (C=O) groups excluding carboxylic acids is 1. The Balaban J connectivity index is 3.44. The van der Waals surface area contributed by atoms with E-state index in [9.17, 15) is 17.6 Å². The van der Waals surface area contributed by atoms with Gasteiger partial charge in [0.25, 0.3) is 5.24 Å². The monoisotopic (exact) mass is 236 g/mol. The third-order valence-electron chi connectivity index (χ3n) is 1.56. The fraction of sp³-hybridized carbons (Fsp3) is 0.125. The van der Waals surface area contributed by atoms with E-state index in [4.69, 9.17) is 11.6 Å². The van der Waals surface area contributed by atoms with Gasteiger partial charge in [0.1, 0.15) is 10.7 Å². The van der Waals surface area contributed by atoms with Gasteiger partial charge in [-0.1, -0.05) is 0 Å². The Morgan fingerprint density at radius 1 is 1.43 bits per heavy atom. The molecule has 0 fully saturated rings. The van der Waals surface area contributed by atoms with Gasteiger partial charge in [0, 0.05) is 11.8 Å². The highest BCUT2D eigenvalue weighted by molar-refractivity contribution is 7.90. The van der Waals surface area contributed by atoms with Crippen LogP contribution in [-0.2, 0) is 9.84 Å². The molecule has 0 N–H and O–H groups in total. The normalized spacial score (nSPS) is 11.4. The number of hydrogen-bond acceptors (Lipinski definition) is 3. The summed E-state index contributed by atoms with van der Waals surface area (Å²) < 4.78 is 35.1. The van der Waals surface area contributed by atoms with Crippen molar-refractivity contribution in [3.05, 3.63) is 29.6 Å². The Kier molecular flexibility index (Phi) is 2.92. The van der Waals surface area contributed by atoms with Crippen LogP contribution in [-0.4, -0.2) is 19.9 Å². The fourth-order valence-corrected chi connectivity index (χ4v) is 1.79. The van der Waals surface area contributed by atoms with Crippen molar-refractivity contribution in [3.8, 4) is 0 Å². The third kappa shape index (κ3) is 2.30. The largest absolute Gasteiger partial charge is 0.276 e. The van der Waals surface area contributed by atoms with Crippen LogP contribution >= 0.6 is 11.6 Å². The maximum absolute atomic E-state index is 13.0. The van der Waals surface area contributed by atoms with E-state index >= 15 is 0 Å². The second-order valence-electron chi connectivity index (χ2n) is 2.69. The van der Waals surface area contributed by atoms with Crippen molar-refractivity contribution in [2.45, 2.75) is 4.90 Å². The molecular formula is C8H6ClFO3S. The van der Waals surface area contributed by atoms with Crippen LogP contribution < -0.4 is 0 Å². The Hall–Kier alpha value is -0.940. The number of carbonyl (C=O) groups is 1. The molecule has 0 aromatic heterocycles. The van der Waals surface area contributed by atoms with Crippen LogP contribution in [0.3, 0.4) is 0 Å². The van der Waals surface area contributed by atoms with E-state index in [0.29, 0.717) is 0 Å². The summed E-state index contributed by atoms with van der Waals surface area (Å²) in [5, 5.41) is -0.824. The van der Waals surface area contributed by atoms with Gasteiger partial charge in [-0.15, -0.1) is 0 Å². The summed E-state index contributed by atoms with van der Waals surface area (Å²) in [6.45, 7) is 0. The average Bonchev–Trinajstić information content (AvgIpc) is 2.02. The van der Waals surface area contributed by atoms with E-state index in [0.717, 1.165) is 24.5 Å². The highest BCUT2D eigenvalue weighted by atomic mass is 35.5. The quantitative estimate of drug-likeness (QED) is 0.733. The fourth-order valence-electron chi connectivity index (χ4n) is 0.910. The van der Waals surface area contributed by atoms with Gasteiger partial charge in [-0.25, -0.2) is 12.8 Å². The lowest BCUT2D eigenvalue weighted by atomic mass is 10.2. The minimum atomic E-state index is -3.68. The highest BCUT2D eigenvalue weighted by Crippen LogP contribution is 2.17. The molecule has 0 aliphatic rings. The molecule has 0 aliphatic heterocycles. The van der Waals surface area contributed by atoms with Gasteiger partial charge in [-0.3, -0.25) is 4.79 Å².